The molecule has 144 valence electrons. The minimum absolute atomic E-state index is 0. The molecule has 2 aromatic carbocycles. The Bertz CT molecular complexity index is 649. The number of aliphatic hydroxyl groups excluding tert-OH is 1. The summed E-state index contributed by atoms with van der Waals surface area (Å²) >= 11 is 0. The van der Waals surface area contributed by atoms with E-state index in [1.807, 2.05) is 48.5 Å². The van der Waals surface area contributed by atoms with Crippen LogP contribution in [0, 0.1) is 5.92 Å². The molecule has 4 nitrogen and oxygen atoms in total. The van der Waals surface area contributed by atoms with Crippen LogP contribution in [0.1, 0.15) is 43.9 Å². The first kappa shape index (κ1) is 22.3. The lowest BCUT2D eigenvalue weighted by Crippen LogP contribution is -2.26. The maximum Gasteiger partial charge on any atom is 0.161 e. The van der Waals surface area contributed by atoms with Crippen LogP contribution in [0.3, 0.4) is 0 Å². The first-order chi connectivity index (χ1) is 12.0. The SMILES string of the molecule is COc1ccc([C@@H](N)[C@@H](O)CCC(C)C)cc1OCc1ccccc1.Cl. The largest absolute Gasteiger partial charge is 0.493 e. The maximum atomic E-state index is 10.3. The molecule has 0 spiro atoms. The van der Waals surface area contributed by atoms with Gasteiger partial charge in [-0.05, 0) is 42.0 Å². The lowest BCUT2D eigenvalue weighted by atomic mass is 9.96. The summed E-state index contributed by atoms with van der Waals surface area (Å²) in [7, 11) is 1.61. The van der Waals surface area contributed by atoms with E-state index in [0.29, 0.717) is 30.4 Å². The van der Waals surface area contributed by atoms with E-state index in [1.54, 1.807) is 7.11 Å². The number of methoxy groups -OCH3 is 1. The van der Waals surface area contributed by atoms with Crippen LogP contribution in [0.4, 0.5) is 0 Å². The number of aliphatic hydroxyl groups is 1. The number of hydrogen-bond acceptors (Lipinski definition) is 4. The Hall–Kier alpha value is -1.75. The van der Waals surface area contributed by atoms with Crippen molar-refractivity contribution in [1.29, 1.82) is 0 Å². The van der Waals surface area contributed by atoms with Gasteiger partial charge >= 0.3 is 0 Å². The van der Waals surface area contributed by atoms with Gasteiger partial charge in [0.25, 0.3) is 0 Å². The number of hydrogen-bond donors (Lipinski definition) is 2. The Kier molecular flexibility index (Phi) is 9.49. The van der Waals surface area contributed by atoms with Crippen molar-refractivity contribution in [2.75, 3.05) is 7.11 Å². The summed E-state index contributed by atoms with van der Waals surface area (Å²) in [6.07, 6.45) is 1.06. The van der Waals surface area contributed by atoms with Crippen molar-refractivity contribution in [3.63, 3.8) is 0 Å². The van der Waals surface area contributed by atoms with Crippen molar-refractivity contribution in [1.82, 2.24) is 0 Å². The number of rotatable bonds is 9. The minimum Gasteiger partial charge on any atom is -0.493 e. The summed E-state index contributed by atoms with van der Waals surface area (Å²) in [5, 5.41) is 10.3. The first-order valence-electron chi connectivity index (χ1n) is 8.79. The van der Waals surface area contributed by atoms with Crippen molar-refractivity contribution in [3.05, 3.63) is 59.7 Å². The van der Waals surface area contributed by atoms with Gasteiger partial charge in [0, 0.05) is 0 Å². The average molecular weight is 380 g/mol. The Morgan fingerprint density at radius 3 is 2.31 bits per heavy atom. The Balaban J connectivity index is 0.00000338. The maximum absolute atomic E-state index is 10.3. The topological polar surface area (TPSA) is 64.7 Å². The van der Waals surface area contributed by atoms with Gasteiger partial charge in [0.15, 0.2) is 11.5 Å². The summed E-state index contributed by atoms with van der Waals surface area (Å²) in [5.41, 5.74) is 8.17. The molecule has 2 rings (SSSR count). The lowest BCUT2D eigenvalue weighted by molar-refractivity contribution is 0.128. The third-order valence-electron chi connectivity index (χ3n) is 4.26. The van der Waals surface area contributed by atoms with Gasteiger partial charge in [0.1, 0.15) is 6.61 Å². The third-order valence-corrected chi connectivity index (χ3v) is 4.26. The van der Waals surface area contributed by atoms with Crippen LogP contribution >= 0.6 is 12.4 Å². The van der Waals surface area contributed by atoms with Crippen molar-refractivity contribution in [3.8, 4) is 11.5 Å². The van der Waals surface area contributed by atoms with Crippen molar-refractivity contribution in [2.45, 2.75) is 45.4 Å². The van der Waals surface area contributed by atoms with Gasteiger partial charge in [0.2, 0.25) is 0 Å². The van der Waals surface area contributed by atoms with E-state index in [0.717, 1.165) is 17.5 Å². The van der Waals surface area contributed by atoms with E-state index < -0.39 is 12.1 Å². The minimum atomic E-state index is -0.572. The van der Waals surface area contributed by atoms with E-state index >= 15 is 0 Å². The quantitative estimate of drug-likeness (QED) is 0.673. The van der Waals surface area contributed by atoms with Gasteiger partial charge in [0.05, 0.1) is 19.3 Å². The summed E-state index contributed by atoms with van der Waals surface area (Å²) in [4.78, 5) is 0. The fourth-order valence-electron chi connectivity index (χ4n) is 2.65. The predicted octanol–water partition coefficient (Wildman–Crippen LogP) is 4.49. The van der Waals surface area contributed by atoms with E-state index in [9.17, 15) is 5.11 Å². The van der Waals surface area contributed by atoms with Crippen LogP contribution in [-0.2, 0) is 6.61 Å². The van der Waals surface area contributed by atoms with Gasteiger partial charge in [-0.25, -0.2) is 0 Å². The molecule has 5 heteroatoms. The van der Waals surface area contributed by atoms with E-state index in [1.165, 1.54) is 0 Å². The molecule has 0 amide bonds. The van der Waals surface area contributed by atoms with E-state index in [-0.39, 0.29) is 12.4 Å². The monoisotopic (exact) mass is 379 g/mol. The van der Waals surface area contributed by atoms with Gasteiger partial charge in [-0.2, -0.15) is 0 Å². The molecule has 0 unspecified atom stereocenters. The van der Waals surface area contributed by atoms with Crippen LogP contribution in [-0.4, -0.2) is 18.3 Å². The van der Waals surface area contributed by atoms with Crippen LogP contribution < -0.4 is 15.2 Å². The molecular formula is C21H30ClNO3. The molecule has 0 aliphatic rings. The predicted molar refractivity (Wildman–Crippen MR) is 108 cm³/mol. The van der Waals surface area contributed by atoms with Crippen LogP contribution in [0.15, 0.2) is 48.5 Å². The van der Waals surface area contributed by atoms with Crippen molar-refractivity contribution >= 4 is 12.4 Å². The molecule has 26 heavy (non-hydrogen) atoms. The fraction of sp³-hybridized carbons (Fsp3) is 0.429. The molecular weight excluding hydrogens is 350 g/mol. The molecule has 0 aromatic heterocycles. The standard InChI is InChI=1S/C21H29NO3.ClH/c1-15(2)9-11-18(23)21(22)17-10-12-19(24-3)20(13-17)25-14-16-7-5-4-6-8-16;/h4-8,10,12-13,15,18,21,23H,9,11,14,22H2,1-3H3;1H/t18-,21+;/m0./s1. The highest BCUT2D eigenvalue weighted by atomic mass is 35.5. The molecule has 2 aromatic rings. The van der Waals surface area contributed by atoms with Gasteiger partial charge in [-0.1, -0.05) is 50.2 Å². The van der Waals surface area contributed by atoms with Crippen molar-refractivity contribution in [2.24, 2.45) is 11.7 Å². The highest BCUT2D eigenvalue weighted by Gasteiger charge is 2.19. The molecule has 0 saturated carbocycles. The van der Waals surface area contributed by atoms with Crippen LogP contribution in [0.2, 0.25) is 0 Å². The van der Waals surface area contributed by atoms with Crippen molar-refractivity contribution < 1.29 is 14.6 Å². The smallest absolute Gasteiger partial charge is 0.161 e. The molecule has 0 aliphatic carbocycles. The normalized spacial score (nSPS) is 13.0. The zero-order valence-electron chi connectivity index (χ0n) is 15.7. The van der Waals surface area contributed by atoms with Gasteiger partial charge < -0.3 is 20.3 Å². The fourth-order valence-corrected chi connectivity index (χ4v) is 2.65. The second-order valence-electron chi connectivity index (χ2n) is 6.75. The molecule has 0 saturated heterocycles. The molecule has 0 heterocycles. The van der Waals surface area contributed by atoms with Crippen LogP contribution in [0.25, 0.3) is 0 Å². The van der Waals surface area contributed by atoms with Gasteiger partial charge in [-0.15, -0.1) is 12.4 Å². The average Bonchev–Trinajstić information content (AvgIpc) is 2.64. The Morgan fingerprint density at radius 1 is 1.00 bits per heavy atom. The third kappa shape index (κ3) is 6.52. The van der Waals surface area contributed by atoms with E-state index in [2.05, 4.69) is 13.8 Å². The molecule has 0 bridgehead atoms. The molecule has 0 radical (unpaired) electrons. The summed E-state index contributed by atoms with van der Waals surface area (Å²) < 4.78 is 11.3. The zero-order chi connectivity index (χ0) is 18.2. The summed E-state index contributed by atoms with van der Waals surface area (Å²) in [5.74, 6) is 1.83. The molecule has 3 N–H and O–H groups in total. The molecule has 0 fully saturated rings. The van der Waals surface area contributed by atoms with E-state index in [4.69, 9.17) is 15.2 Å². The number of ether oxygens (including phenoxy) is 2. The number of nitrogens with two attached hydrogens (primary N) is 1. The second-order valence-corrected chi connectivity index (χ2v) is 6.75. The molecule has 0 aliphatic heterocycles. The highest BCUT2D eigenvalue weighted by molar-refractivity contribution is 5.85. The van der Waals surface area contributed by atoms with Crippen LogP contribution in [0.5, 0.6) is 11.5 Å². The van der Waals surface area contributed by atoms with Gasteiger partial charge in [-0.3, -0.25) is 0 Å². The number of halogens is 1. The second kappa shape index (κ2) is 11.1. The molecule has 2 atom stereocenters. The Labute approximate surface area is 162 Å². The Morgan fingerprint density at radius 2 is 1.69 bits per heavy atom. The highest BCUT2D eigenvalue weighted by Crippen LogP contribution is 2.32. The summed E-state index contributed by atoms with van der Waals surface area (Å²) in [6, 6.07) is 15.1. The number of benzene rings is 2. The summed E-state index contributed by atoms with van der Waals surface area (Å²) in [6.45, 7) is 4.73. The zero-order valence-corrected chi connectivity index (χ0v) is 16.5. The lowest BCUT2D eigenvalue weighted by Gasteiger charge is -2.21. The first-order valence-corrected chi connectivity index (χ1v) is 8.79.